The maximum absolute atomic E-state index is 5.83. The molecule has 4 nitrogen and oxygen atoms in total. The van der Waals surface area contributed by atoms with Crippen molar-refractivity contribution in [3.63, 3.8) is 0 Å². The van der Waals surface area contributed by atoms with Gasteiger partial charge in [-0.1, -0.05) is 30.1 Å². The molecular formula is C9H13Cl2N3O. The van der Waals surface area contributed by atoms with Gasteiger partial charge in [-0.05, 0) is 5.92 Å². The first-order valence-electron chi connectivity index (χ1n) is 4.55. The van der Waals surface area contributed by atoms with Crippen molar-refractivity contribution in [1.29, 1.82) is 0 Å². The van der Waals surface area contributed by atoms with Crippen molar-refractivity contribution in [2.45, 2.75) is 6.92 Å². The molecule has 84 valence electrons. The molecule has 1 unspecified atom stereocenters. The minimum absolute atomic E-state index is 0.321. The molecule has 0 fully saturated rings. The van der Waals surface area contributed by atoms with Crippen LogP contribution in [0.3, 0.4) is 0 Å². The van der Waals surface area contributed by atoms with Gasteiger partial charge in [-0.15, -0.1) is 10.2 Å². The average Bonchev–Trinajstić information content (AvgIpc) is 2.20. The average molecular weight is 250 g/mol. The Bertz CT molecular complexity index is 322. The number of halogens is 2. The van der Waals surface area contributed by atoms with E-state index in [1.807, 2.05) is 0 Å². The summed E-state index contributed by atoms with van der Waals surface area (Å²) in [6.45, 7) is 3.51. The molecule has 0 aliphatic heterocycles. The summed E-state index contributed by atoms with van der Waals surface area (Å²) in [7, 11) is 1.67. The summed E-state index contributed by atoms with van der Waals surface area (Å²) in [5.41, 5.74) is 0.694. The Morgan fingerprint density at radius 2 is 2.20 bits per heavy atom. The van der Waals surface area contributed by atoms with Crippen molar-refractivity contribution in [3.8, 4) is 0 Å². The second-order valence-electron chi connectivity index (χ2n) is 3.31. The maximum atomic E-state index is 5.83. The fourth-order valence-electron chi connectivity index (χ4n) is 1.10. The van der Waals surface area contributed by atoms with Crippen LogP contribution in [0.15, 0.2) is 6.07 Å². The zero-order valence-electron chi connectivity index (χ0n) is 8.63. The number of anilines is 1. The first-order chi connectivity index (χ1) is 7.13. The third-order valence-corrected chi connectivity index (χ3v) is 2.28. The van der Waals surface area contributed by atoms with Crippen LogP contribution in [-0.2, 0) is 4.74 Å². The molecule has 0 radical (unpaired) electrons. The van der Waals surface area contributed by atoms with Crippen LogP contribution in [0.4, 0.5) is 5.69 Å². The van der Waals surface area contributed by atoms with Gasteiger partial charge < -0.3 is 10.1 Å². The topological polar surface area (TPSA) is 47.0 Å². The van der Waals surface area contributed by atoms with Crippen LogP contribution >= 0.6 is 23.2 Å². The summed E-state index contributed by atoms with van der Waals surface area (Å²) in [5, 5.41) is 11.1. The molecular weight excluding hydrogens is 237 g/mol. The van der Waals surface area contributed by atoms with E-state index in [2.05, 4.69) is 22.4 Å². The molecule has 0 aliphatic rings. The Morgan fingerprint density at radius 3 is 2.87 bits per heavy atom. The molecule has 6 heteroatoms. The number of rotatable bonds is 5. The molecule has 1 rings (SSSR count). The first kappa shape index (κ1) is 12.5. The van der Waals surface area contributed by atoms with Crippen LogP contribution in [0, 0.1) is 5.92 Å². The molecule has 0 aromatic carbocycles. The highest BCUT2D eigenvalue weighted by Gasteiger charge is 2.06. The molecule has 1 aromatic heterocycles. The van der Waals surface area contributed by atoms with Crippen LogP contribution in [0.5, 0.6) is 0 Å². The number of nitrogens with one attached hydrogen (secondary N) is 1. The number of hydrogen-bond acceptors (Lipinski definition) is 4. The predicted octanol–water partition coefficient (Wildman–Crippen LogP) is 2.48. The van der Waals surface area contributed by atoms with E-state index < -0.39 is 0 Å². The highest BCUT2D eigenvalue weighted by atomic mass is 35.5. The Kier molecular flexibility index (Phi) is 5.08. The maximum Gasteiger partial charge on any atom is 0.174 e. The lowest BCUT2D eigenvalue weighted by atomic mass is 10.2. The molecule has 1 heterocycles. The van der Waals surface area contributed by atoms with Gasteiger partial charge >= 0.3 is 0 Å². The van der Waals surface area contributed by atoms with Crippen molar-refractivity contribution in [2.75, 3.05) is 25.6 Å². The lowest BCUT2D eigenvalue weighted by molar-refractivity contribution is 0.164. The number of ether oxygens (including phenoxy) is 1. The Morgan fingerprint density at radius 1 is 1.47 bits per heavy atom. The largest absolute Gasteiger partial charge is 0.384 e. The number of hydrogen-bond donors (Lipinski definition) is 1. The molecule has 15 heavy (non-hydrogen) atoms. The number of nitrogens with zero attached hydrogens (tertiary/aromatic N) is 2. The first-order valence-corrected chi connectivity index (χ1v) is 5.30. The van der Waals surface area contributed by atoms with Gasteiger partial charge in [-0.2, -0.15) is 0 Å². The highest BCUT2D eigenvalue weighted by Crippen LogP contribution is 2.20. The van der Waals surface area contributed by atoms with E-state index in [0.717, 1.165) is 6.54 Å². The number of aromatic nitrogens is 2. The van der Waals surface area contributed by atoms with Crippen molar-refractivity contribution in [2.24, 2.45) is 5.92 Å². The normalized spacial score (nSPS) is 12.5. The van der Waals surface area contributed by atoms with E-state index in [1.54, 1.807) is 13.2 Å². The van der Waals surface area contributed by atoms with Crippen LogP contribution in [0.2, 0.25) is 10.3 Å². The van der Waals surface area contributed by atoms with Crippen LogP contribution in [0.25, 0.3) is 0 Å². The molecule has 0 bridgehead atoms. The quantitative estimate of drug-likeness (QED) is 0.872. The van der Waals surface area contributed by atoms with Gasteiger partial charge in [0.25, 0.3) is 0 Å². The second-order valence-corrected chi connectivity index (χ2v) is 4.06. The van der Waals surface area contributed by atoms with Crippen molar-refractivity contribution in [1.82, 2.24) is 10.2 Å². The molecule has 1 atom stereocenters. The summed E-state index contributed by atoms with van der Waals surface area (Å²) in [5.74, 6) is 0.387. The Labute approximate surface area is 98.9 Å². The standard InChI is InChI=1S/C9H13Cl2N3O/c1-6(5-15-2)4-12-7-3-8(10)13-14-9(7)11/h3,6H,4-5H2,1-2H3,(H,12,13). The third kappa shape index (κ3) is 4.20. The molecule has 0 spiro atoms. The predicted molar refractivity (Wildman–Crippen MR) is 61.6 cm³/mol. The van der Waals surface area contributed by atoms with Gasteiger partial charge in [0.15, 0.2) is 10.3 Å². The zero-order valence-corrected chi connectivity index (χ0v) is 10.1. The molecule has 1 aromatic rings. The fourth-order valence-corrected chi connectivity index (χ4v) is 1.41. The Hall–Kier alpha value is -0.580. The van der Waals surface area contributed by atoms with Crippen LogP contribution < -0.4 is 5.32 Å². The Balaban J connectivity index is 2.53. The SMILES string of the molecule is COCC(C)CNc1cc(Cl)nnc1Cl. The van der Waals surface area contributed by atoms with Gasteiger partial charge in [-0.25, -0.2) is 0 Å². The molecule has 0 saturated heterocycles. The van der Waals surface area contributed by atoms with Crippen LogP contribution in [0.1, 0.15) is 6.92 Å². The van der Waals surface area contributed by atoms with Gasteiger partial charge in [0.2, 0.25) is 0 Å². The molecule has 1 N–H and O–H groups in total. The molecule has 0 aliphatic carbocycles. The van der Waals surface area contributed by atoms with E-state index in [0.29, 0.717) is 28.5 Å². The monoisotopic (exact) mass is 249 g/mol. The molecule has 0 amide bonds. The third-order valence-electron chi connectivity index (χ3n) is 1.81. The van der Waals surface area contributed by atoms with Crippen LogP contribution in [-0.4, -0.2) is 30.5 Å². The summed E-state index contributed by atoms with van der Waals surface area (Å²) in [4.78, 5) is 0. The van der Waals surface area contributed by atoms with E-state index in [-0.39, 0.29) is 0 Å². The molecule has 0 saturated carbocycles. The zero-order chi connectivity index (χ0) is 11.3. The lowest BCUT2D eigenvalue weighted by Crippen LogP contribution is -2.16. The van der Waals surface area contributed by atoms with Gasteiger partial charge in [-0.3, -0.25) is 0 Å². The summed E-state index contributed by atoms with van der Waals surface area (Å²) < 4.78 is 5.02. The number of methoxy groups -OCH3 is 1. The lowest BCUT2D eigenvalue weighted by Gasteiger charge is -2.12. The van der Waals surface area contributed by atoms with Crippen molar-refractivity contribution < 1.29 is 4.74 Å². The smallest absolute Gasteiger partial charge is 0.174 e. The van der Waals surface area contributed by atoms with Gasteiger partial charge in [0.1, 0.15) is 0 Å². The second kappa shape index (κ2) is 6.10. The highest BCUT2D eigenvalue weighted by molar-refractivity contribution is 6.33. The van der Waals surface area contributed by atoms with E-state index in [4.69, 9.17) is 27.9 Å². The summed E-state index contributed by atoms with van der Waals surface area (Å²) >= 11 is 11.5. The van der Waals surface area contributed by atoms with E-state index >= 15 is 0 Å². The van der Waals surface area contributed by atoms with Crippen molar-refractivity contribution >= 4 is 28.9 Å². The van der Waals surface area contributed by atoms with E-state index in [1.165, 1.54) is 0 Å². The minimum atomic E-state index is 0.321. The van der Waals surface area contributed by atoms with Crippen molar-refractivity contribution in [3.05, 3.63) is 16.4 Å². The van der Waals surface area contributed by atoms with Gasteiger partial charge in [0, 0.05) is 19.7 Å². The summed E-state index contributed by atoms with van der Waals surface area (Å²) in [6, 6.07) is 1.65. The van der Waals surface area contributed by atoms with Gasteiger partial charge in [0.05, 0.1) is 12.3 Å². The van der Waals surface area contributed by atoms with E-state index in [9.17, 15) is 0 Å². The fraction of sp³-hybridized carbons (Fsp3) is 0.556. The minimum Gasteiger partial charge on any atom is -0.384 e. The summed E-state index contributed by atoms with van der Waals surface area (Å²) in [6.07, 6.45) is 0.